The molecule has 0 radical (unpaired) electrons. The zero-order valence-corrected chi connectivity index (χ0v) is 21.7. The van der Waals surface area contributed by atoms with Gasteiger partial charge in [0, 0.05) is 21.6 Å². The fraction of sp³-hybridized carbons (Fsp3) is 0.417. The van der Waals surface area contributed by atoms with Crippen LogP contribution in [0.15, 0.2) is 35.1 Å². The smallest absolute Gasteiger partial charge is 0.182 e. The van der Waals surface area contributed by atoms with E-state index in [9.17, 15) is 5.11 Å². The van der Waals surface area contributed by atoms with Crippen LogP contribution in [0.4, 0.5) is 8.78 Å². The number of aliphatic hydroxyl groups is 1. The van der Waals surface area contributed by atoms with Crippen molar-refractivity contribution in [2.24, 2.45) is 0 Å². The first-order valence-electron chi connectivity index (χ1n) is 10.7. The van der Waals surface area contributed by atoms with Crippen molar-refractivity contribution in [3.8, 4) is 6.07 Å². The van der Waals surface area contributed by atoms with Gasteiger partial charge in [0.1, 0.15) is 17.9 Å². The molecule has 8 heteroatoms. The summed E-state index contributed by atoms with van der Waals surface area (Å²) in [5, 5.41) is 20.5. The van der Waals surface area contributed by atoms with Crippen molar-refractivity contribution in [3.05, 3.63) is 63.5 Å². The summed E-state index contributed by atoms with van der Waals surface area (Å²) in [7, 11) is -2.33. The fourth-order valence-corrected chi connectivity index (χ4v) is 12.9. The van der Waals surface area contributed by atoms with Gasteiger partial charge in [-0.2, -0.15) is 5.26 Å². The molecule has 1 unspecified atom stereocenters. The van der Waals surface area contributed by atoms with Crippen LogP contribution in [0, 0.1) is 23.0 Å². The topological polar surface area (TPSA) is 61.8 Å². The van der Waals surface area contributed by atoms with Gasteiger partial charge in [-0.05, 0) is 62.5 Å². The molecule has 0 fully saturated rings. The molecule has 3 rings (SSSR count). The Balaban J connectivity index is 2.33. The number of hydrogen-bond donors (Lipinski definition) is 1. The minimum Gasteiger partial charge on any atom is -0.384 e. The van der Waals surface area contributed by atoms with Crippen molar-refractivity contribution in [3.63, 3.8) is 0 Å². The van der Waals surface area contributed by atoms with Gasteiger partial charge >= 0.3 is 0 Å². The highest BCUT2D eigenvalue weighted by molar-refractivity contribution is 9.10. The van der Waals surface area contributed by atoms with Crippen LogP contribution in [0.2, 0.25) is 16.6 Å². The van der Waals surface area contributed by atoms with E-state index in [2.05, 4.69) is 62.5 Å². The van der Waals surface area contributed by atoms with Crippen molar-refractivity contribution >= 4 is 35.1 Å². The lowest BCUT2D eigenvalue weighted by molar-refractivity contribution is 0.212. The molecule has 0 amide bonds. The van der Waals surface area contributed by atoms with Crippen LogP contribution >= 0.6 is 15.9 Å². The molecule has 0 aliphatic rings. The Morgan fingerprint density at radius 3 is 2.19 bits per heavy atom. The highest BCUT2D eigenvalue weighted by Gasteiger charge is 2.46. The normalized spacial score (nSPS) is 13.4. The lowest BCUT2D eigenvalue weighted by Gasteiger charge is -2.44. The standard InChI is InChI=1S/C24H28BrF2N3OSi/c1-13(2)32(14(3)4,15(5)6)30-10-8-18-20(25)19(21(26)22(27)23(18)30)24(31)16-7-9-29-17(11-16)12-28/h7-11,13-15,24,31H,1-6H3. The average Bonchev–Trinajstić information content (AvgIpc) is 3.17. The summed E-state index contributed by atoms with van der Waals surface area (Å²) >= 11 is 3.45. The number of rotatable bonds is 6. The highest BCUT2D eigenvalue weighted by Crippen LogP contribution is 2.47. The minimum absolute atomic E-state index is 0.0902. The summed E-state index contributed by atoms with van der Waals surface area (Å²) in [5.74, 6) is -2.05. The van der Waals surface area contributed by atoms with E-state index in [0.29, 0.717) is 26.5 Å². The molecule has 1 aromatic carbocycles. The van der Waals surface area contributed by atoms with E-state index >= 15 is 8.78 Å². The van der Waals surface area contributed by atoms with Gasteiger partial charge in [-0.15, -0.1) is 0 Å². The van der Waals surface area contributed by atoms with Crippen LogP contribution in [0.1, 0.15) is 64.5 Å². The second-order valence-electron chi connectivity index (χ2n) is 9.14. The molecular formula is C24H28BrF2N3OSi. The van der Waals surface area contributed by atoms with Crippen LogP contribution in [0.5, 0.6) is 0 Å². The van der Waals surface area contributed by atoms with Gasteiger partial charge in [-0.3, -0.25) is 0 Å². The van der Waals surface area contributed by atoms with Gasteiger partial charge in [0.25, 0.3) is 0 Å². The van der Waals surface area contributed by atoms with Crippen LogP contribution in [-0.4, -0.2) is 22.6 Å². The number of nitrogens with zero attached hydrogens (tertiary/aromatic N) is 3. The second-order valence-corrected chi connectivity index (χ2v) is 15.7. The molecule has 3 aromatic rings. The zero-order chi connectivity index (χ0) is 24.0. The third-order valence-corrected chi connectivity index (χ3v) is 14.3. The molecule has 2 heterocycles. The van der Waals surface area contributed by atoms with Gasteiger partial charge in [-0.1, -0.05) is 41.5 Å². The first kappa shape index (κ1) is 24.6. The molecule has 1 N–H and O–H groups in total. The lowest BCUT2D eigenvalue weighted by atomic mass is 9.99. The van der Waals surface area contributed by atoms with Crippen molar-refractivity contribution in [2.75, 3.05) is 0 Å². The van der Waals surface area contributed by atoms with Crippen LogP contribution in [0.25, 0.3) is 10.9 Å². The molecule has 4 nitrogen and oxygen atoms in total. The summed E-state index contributed by atoms with van der Waals surface area (Å²) in [6.45, 7) is 13.0. The maximum atomic E-state index is 15.7. The number of aliphatic hydroxyl groups excluding tert-OH is 1. The predicted molar refractivity (Wildman–Crippen MR) is 129 cm³/mol. The van der Waals surface area contributed by atoms with E-state index in [0.717, 1.165) is 0 Å². The molecule has 0 spiro atoms. The zero-order valence-electron chi connectivity index (χ0n) is 19.1. The molecule has 0 saturated heterocycles. The van der Waals surface area contributed by atoms with Crippen LogP contribution in [0.3, 0.4) is 0 Å². The molecule has 0 bridgehead atoms. The van der Waals surface area contributed by atoms with E-state index in [1.807, 2.05) is 16.5 Å². The van der Waals surface area contributed by atoms with Gasteiger partial charge in [0.2, 0.25) is 0 Å². The van der Waals surface area contributed by atoms with E-state index in [4.69, 9.17) is 5.26 Å². The highest BCUT2D eigenvalue weighted by atomic mass is 79.9. The third kappa shape index (κ3) is 3.60. The van der Waals surface area contributed by atoms with Gasteiger partial charge in [0.15, 0.2) is 19.9 Å². The Labute approximate surface area is 197 Å². The number of hydrogen-bond acceptors (Lipinski definition) is 3. The Morgan fingerprint density at radius 2 is 1.66 bits per heavy atom. The number of pyridine rings is 1. The third-order valence-electron chi connectivity index (χ3n) is 6.68. The lowest BCUT2D eigenvalue weighted by Crippen LogP contribution is -2.51. The molecule has 32 heavy (non-hydrogen) atoms. The predicted octanol–water partition coefficient (Wildman–Crippen LogP) is 7.05. The van der Waals surface area contributed by atoms with Crippen molar-refractivity contribution < 1.29 is 13.9 Å². The van der Waals surface area contributed by atoms with E-state index < -0.39 is 26.0 Å². The summed E-state index contributed by atoms with van der Waals surface area (Å²) in [6.07, 6.45) is 1.78. The maximum Gasteiger partial charge on any atom is 0.182 e. The number of nitriles is 1. The molecule has 170 valence electrons. The summed E-state index contributed by atoms with van der Waals surface area (Å²) < 4.78 is 33.5. The molecule has 1 atom stereocenters. The van der Waals surface area contributed by atoms with Gasteiger partial charge in [-0.25, -0.2) is 13.8 Å². The summed E-state index contributed by atoms with van der Waals surface area (Å²) in [6, 6.07) is 6.55. The van der Waals surface area contributed by atoms with Crippen LogP contribution < -0.4 is 0 Å². The van der Waals surface area contributed by atoms with E-state index in [1.165, 1.54) is 18.3 Å². The Bertz CT molecular complexity index is 1180. The second kappa shape index (κ2) is 9.04. The fourth-order valence-electron chi connectivity index (χ4n) is 5.54. The molecule has 2 aromatic heterocycles. The van der Waals surface area contributed by atoms with Crippen LogP contribution in [-0.2, 0) is 0 Å². The van der Waals surface area contributed by atoms with Crippen molar-refractivity contribution in [1.82, 2.24) is 9.22 Å². The quantitative estimate of drug-likeness (QED) is 0.280. The van der Waals surface area contributed by atoms with Crippen molar-refractivity contribution in [1.29, 1.82) is 5.26 Å². The van der Waals surface area contributed by atoms with Crippen molar-refractivity contribution in [2.45, 2.75) is 64.3 Å². The number of halogens is 3. The van der Waals surface area contributed by atoms with Gasteiger partial charge < -0.3 is 9.34 Å². The largest absolute Gasteiger partial charge is 0.384 e. The van der Waals surface area contributed by atoms with E-state index in [-0.39, 0.29) is 22.3 Å². The average molecular weight is 520 g/mol. The Morgan fingerprint density at radius 1 is 1.06 bits per heavy atom. The number of benzene rings is 1. The molecular weight excluding hydrogens is 492 g/mol. The maximum absolute atomic E-state index is 15.7. The first-order valence-corrected chi connectivity index (χ1v) is 13.7. The van der Waals surface area contributed by atoms with Gasteiger partial charge in [0.05, 0.1) is 5.52 Å². The van der Waals surface area contributed by atoms with E-state index in [1.54, 1.807) is 6.07 Å². The molecule has 0 saturated carbocycles. The molecule has 0 aliphatic heterocycles. The summed E-state index contributed by atoms with van der Waals surface area (Å²) in [4.78, 5) is 3.88. The molecule has 0 aliphatic carbocycles. The monoisotopic (exact) mass is 519 g/mol. The SMILES string of the molecule is CC(C)[Si](C(C)C)(C(C)C)n1ccc2c(Br)c(C(O)c3ccnc(C#N)c3)c(F)c(F)c21. The Kier molecular flexibility index (Phi) is 6.94. The number of fused-ring (bicyclic) bond motifs is 1. The summed E-state index contributed by atoms with van der Waals surface area (Å²) in [5.41, 5.74) is 1.30. The number of aromatic nitrogens is 2. The first-order chi connectivity index (χ1) is 15.0. The minimum atomic E-state index is -2.33. The Hall–Kier alpha value is -2.08.